The molecule has 0 radical (unpaired) electrons. The summed E-state index contributed by atoms with van der Waals surface area (Å²) in [4.78, 5) is 4.60. The van der Waals surface area contributed by atoms with Crippen LogP contribution in [0.3, 0.4) is 0 Å². The number of ether oxygens (including phenoxy) is 1. The fourth-order valence-electron chi connectivity index (χ4n) is 7.03. The zero-order chi connectivity index (χ0) is 30.1. The zero-order valence-corrected chi connectivity index (χ0v) is 25.6. The predicted molar refractivity (Wildman–Crippen MR) is 164 cm³/mol. The molecule has 2 aromatic carbocycles. The molecule has 0 aromatic heterocycles. The first-order valence-corrected chi connectivity index (χ1v) is 15.9. The topological polar surface area (TPSA) is 88.4 Å². The van der Waals surface area contributed by atoms with Crippen LogP contribution in [0.1, 0.15) is 76.3 Å². The molecule has 7 nitrogen and oxygen atoms in total. The summed E-state index contributed by atoms with van der Waals surface area (Å²) in [5.41, 5.74) is 1.81. The van der Waals surface area contributed by atoms with Gasteiger partial charge in [0.05, 0.1) is 12.6 Å². The van der Waals surface area contributed by atoms with Crippen LogP contribution in [-0.4, -0.2) is 82.1 Å². The van der Waals surface area contributed by atoms with Gasteiger partial charge in [-0.05, 0) is 81.0 Å². The van der Waals surface area contributed by atoms with E-state index in [1.165, 1.54) is 11.6 Å². The lowest BCUT2D eigenvalue weighted by Crippen LogP contribution is -2.50. The summed E-state index contributed by atoms with van der Waals surface area (Å²) < 4.78 is 19.8. The van der Waals surface area contributed by atoms with Crippen LogP contribution >= 0.6 is 0 Å². The summed E-state index contributed by atoms with van der Waals surface area (Å²) in [6.45, 7) is 9.99. The number of nitrogens with one attached hydrogen (secondary N) is 1. The van der Waals surface area contributed by atoms with Crippen molar-refractivity contribution < 1.29 is 24.4 Å². The number of piperidine rings is 1. The molecule has 1 heterocycles. The van der Waals surface area contributed by atoms with E-state index in [2.05, 4.69) is 61.3 Å². The molecule has 1 saturated carbocycles. The Kier molecular flexibility index (Phi) is 12.8. The van der Waals surface area contributed by atoms with Crippen LogP contribution in [0, 0.1) is 17.7 Å². The minimum atomic E-state index is -1.36. The van der Waals surface area contributed by atoms with E-state index in [1.807, 2.05) is 4.90 Å². The van der Waals surface area contributed by atoms with Gasteiger partial charge in [0, 0.05) is 30.7 Å². The standard InChI is InChI=1S/C34H52FN3O4/c1-4-16-38(34(41)42-23-26-12-8-9-13-31(26)35)29-14-17-37(18-15-29)22-27-20-28(36-32(33(39)40)19-24(2)3)21-30(27)25-10-6-5-7-11-25/h5-13,24,27-30,32-34,36,39-41H,4,14-23H2,1-3H3/t27-,28?,30-,32?,34?/m1/s1. The molecule has 0 bridgehead atoms. The Morgan fingerprint density at radius 2 is 1.69 bits per heavy atom. The van der Waals surface area contributed by atoms with Gasteiger partial charge in [0.1, 0.15) is 5.82 Å². The second kappa shape index (κ2) is 16.2. The summed E-state index contributed by atoms with van der Waals surface area (Å²) in [6, 6.07) is 17.4. The van der Waals surface area contributed by atoms with Crippen molar-refractivity contribution in [1.29, 1.82) is 0 Å². The van der Waals surface area contributed by atoms with Crippen molar-refractivity contribution in [3.8, 4) is 0 Å². The van der Waals surface area contributed by atoms with Crippen LogP contribution < -0.4 is 5.32 Å². The third-order valence-corrected chi connectivity index (χ3v) is 9.09. The predicted octanol–water partition coefficient (Wildman–Crippen LogP) is 4.67. The Labute approximate surface area is 251 Å². The van der Waals surface area contributed by atoms with Gasteiger partial charge in [0.2, 0.25) is 6.41 Å². The van der Waals surface area contributed by atoms with Crippen LogP contribution in [0.2, 0.25) is 0 Å². The molecule has 5 atom stereocenters. The van der Waals surface area contributed by atoms with E-state index in [-0.39, 0.29) is 30.5 Å². The highest BCUT2D eigenvalue weighted by Gasteiger charge is 2.38. The third kappa shape index (κ3) is 9.29. The first-order valence-electron chi connectivity index (χ1n) is 15.9. The van der Waals surface area contributed by atoms with Crippen molar-refractivity contribution in [2.75, 3.05) is 26.2 Å². The average molecular weight is 586 g/mol. The summed E-state index contributed by atoms with van der Waals surface area (Å²) in [5, 5.41) is 34.6. The molecule has 2 aliphatic rings. The summed E-state index contributed by atoms with van der Waals surface area (Å²) >= 11 is 0. The molecular weight excluding hydrogens is 533 g/mol. The second-order valence-electron chi connectivity index (χ2n) is 12.8. The van der Waals surface area contributed by atoms with E-state index in [9.17, 15) is 19.7 Å². The maximum Gasteiger partial charge on any atom is 0.216 e. The van der Waals surface area contributed by atoms with Crippen LogP contribution in [0.25, 0.3) is 0 Å². The Hall–Kier alpha value is -1.91. The van der Waals surface area contributed by atoms with Crippen molar-refractivity contribution in [1.82, 2.24) is 15.1 Å². The summed E-state index contributed by atoms with van der Waals surface area (Å²) in [5.74, 6) is 0.949. The highest BCUT2D eigenvalue weighted by molar-refractivity contribution is 5.23. The largest absolute Gasteiger partial charge is 0.367 e. The van der Waals surface area contributed by atoms with Gasteiger partial charge in [-0.15, -0.1) is 0 Å². The van der Waals surface area contributed by atoms with Crippen molar-refractivity contribution in [2.45, 2.75) is 103 Å². The van der Waals surface area contributed by atoms with Crippen LogP contribution in [0.15, 0.2) is 54.6 Å². The number of hydrogen-bond donors (Lipinski definition) is 4. The van der Waals surface area contributed by atoms with Gasteiger partial charge in [-0.1, -0.05) is 69.3 Å². The molecular formula is C34H52FN3O4. The molecule has 2 aromatic rings. The Morgan fingerprint density at radius 1 is 1.00 bits per heavy atom. The Bertz CT molecular complexity index is 1050. The molecule has 1 aliphatic carbocycles. The normalized spacial score (nSPS) is 23.7. The average Bonchev–Trinajstić information content (AvgIpc) is 3.37. The molecule has 3 unspecified atom stereocenters. The molecule has 0 amide bonds. The van der Waals surface area contributed by atoms with Gasteiger partial charge in [-0.2, -0.15) is 0 Å². The Morgan fingerprint density at radius 3 is 2.33 bits per heavy atom. The number of aliphatic hydroxyl groups excluding tert-OH is 2. The third-order valence-electron chi connectivity index (χ3n) is 9.09. The maximum atomic E-state index is 14.1. The lowest BCUT2D eigenvalue weighted by molar-refractivity contribution is -0.216. The van der Waals surface area contributed by atoms with Crippen molar-refractivity contribution >= 4 is 0 Å². The minimum absolute atomic E-state index is 0.0377. The molecule has 1 saturated heterocycles. The van der Waals surface area contributed by atoms with E-state index in [0.717, 1.165) is 64.7 Å². The molecule has 4 N–H and O–H groups in total. The number of likely N-dealkylation sites (tertiary alicyclic amines) is 1. The fraction of sp³-hybridized carbons (Fsp3) is 0.647. The lowest BCUT2D eigenvalue weighted by atomic mass is 9.88. The molecule has 234 valence electrons. The molecule has 42 heavy (non-hydrogen) atoms. The lowest BCUT2D eigenvalue weighted by Gasteiger charge is -2.41. The van der Waals surface area contributed by atoms with E-state index >= 15 is 0 Å². The molecule has 4 rings (SSSR count). The van der Waals surface area contributed by atoms with Gasteiger partial charge in [-0.3, -0.25) is 4.90 Å². The molecule has 8 heteroatoms. The van der Waals surface area contributed by atoms with Gasteiger partial charge in [0.15, 0.2) is 6.29 Å². The Balaban J connectivity index is 1.34. The highest BCUT2D eigenvalue weighted by atomic mass is 19.1. The zero-order valence-electron chi connectivity index (χ0n) is 25.6. The first-order chi connectivity index (χ1) is 20.2. The first kappa shape index (κ1) is 33.0. The van der Waals surface area contributed by atoms with Gasteiger partial charge in [-0.25, -0.2) is 4.39 Å². The van der Waals surface area contributed by atoms with Gasteiger partial charge in [0.25, 0.3) is 0 Å². The highest BCUT2D eigenvalue weighted by Crippen LogP contribution is 2.41. The minimum Gasteiger partial charge on any atom is -0.367 e. The number of benzene rings is 2. The second-order valence-corrected chi connectivity index (χ2v) is 12.8. The number of nitrogens with zero attached hydrogens (tertiary/aromatic N) is 2. The van der Waals surface area contributed by atoms with Crippen LogP contribution in [-0.2, 0) is 11.3 Å². The van der Waals surface area contributed by atoms with Crippen LogP contribution in [0.5, 0.6) is 0 Å². The van der Waals surface area contributed by atoms with Crippen molar-refractivity contribution in [3.05, 3.63) is 71.5 Å². The van der Waals surface area contributed by atoms with Crippen molar-refractivity contribution in [2.24, 2.45) is 11.8 Å². The maximum absolute atomic E-state index is 14.1. The van der Waals surface area contributed by atoms with Crippen molar-refractivity contribution in [3.63, 3.8) is 0 Å². The quantitative estimate of drug-likeness (QED) is 0.226. The fourth-order valence-corrected chi connectivity index (χ4v) is 7.03. The number of aliphatic hydroxyl groups is 3. The van der Waals surface area contributed by atoms with Crippen LogP contribution in [0.4, 0.5) is 4.39 Å². The van der Waals surface area contributed by atoms with E-state index in [0.29, 0.717) is 23.3 Å². The summed E-state index contributed by atoms with van der Waals surface area (Å²) in [6.07, 6.45) is 3.08. The van der Waals surface area contributed by atoms with E-state index in [1.54, 1.807) is 18.2 Å². The molecule has 1 aliphatic heterocycles. The van der Waals surface area contributed by atoms with E-state index < -0.39 is 12.7 Å². The number of hydrogen-bond acceptors (Lipinski definition) is 7. The molecule has 2 fully saturated rings. The SMILES string of the molecule is CCCN(C1CCN(C[C@H]2CC(NC(CC(C)C)C(O)O)C[C@@H]2c2ccccc2)CC1)C(O)OCc1ccccc1F. The van der Waals surface area contributed by atoms with E-state index in [4.69, 9.17) is 4.74 Å². The summed E-state index contributed by atoms with van der Waals surface area (Å²) in [7, 11) is 0. The number of halogens is 1. The monoisotopic (exact) mass is 585 g/mol. The smallest absolute Gasteiger partial charge is 0.216 e. The van der Waals surface area contributed by atoms with Gasteiger partial charge >= 0.3 is 0 Å². The van der Waals surface area contributed by atoms with Gasteiger partial charge < -0.3 is 30.3 Å². The molecule has 0 spiro atoms. The number of rotatable bonds is 15.